The van der Waals surface area contributed by atoms with Gasteiger partial charge >= 0.3 is 0 Å². The molecule has 3 unspecified atom stereocenters. The fraction of sp³-hybridized carbons (Fsp3) is 0.258. The minimum atomic E-state index is 0.354. The maximum atomic E-state index is 9.75. The van der Waals surface area contributed by atoms with Crippen molar-refractivity contribution in [2.45, 2.75) is 38.4 Å². The van der Waals surface area contributed by atoms with E-state index >= 15 is 0 Å². The number of aromatic nitrogens is 3. The van der Waals surface area contributed by atoms with Crippen molar-refractivity contribution in [1.29, 1.82) is 5.26 Å². The normalized spacial score (nSPS) is 20.5. The highest BCUT2D eigenvalue weighted by atomic mass is 16.5. The van der Waals surface area contributed by atoms with Crippen molar-refractivity contribution in [3.8, 4) is 22.9 Å². The van der Waals surface area contributed by atoms with Gasteiger partial charge in [-0.1, -0.05) is 30.3 Å². The first-order valence-electron chi connectivity index (χ1n) is 13.0. The SMILES string of the molecule is Cc1nn(-c2ccc(C#N)c(NCC3CC4CCC3O4)c2)c2cccc(-c3cnc4ccccc4c3)c12. The number of rotatable bonds is 5. The van der Waals surface area contributed by atoms with Crippen LogP contribution < -0.4 is 5.32 Å². The van der Waals surface area contributed by atoms with E-state index < -0.39 is 0 Å². The molecule has 0 radical (unpaired) electrons. The molecule has 0 saturated carbocycles. The lowest BCUT2D eigenvalue weighted by atomic mass is 9.89. The van der Waals surface area contributed by atoms with Gasteiger partial charge in [-0.05, 0) is 68.1 Å². The van der Waals surface area contributed by atoms with E-state index in [1.54, 1.807) is 0 Å². The monoisotopic (exact) mass is 485 g/mol. The molecule has 2 aromatic heterocycles. The number of ether oxygens (including phenoxy) is 1. The van der Waals surface area contributed by atoms with Crippen LogP contribution in [0, 0.1) is 24.2 Å². The minimum absolute atomic E-state index is 0.354. The molecule has 2 fully saturated rings. The number of nitrogens with one attached hydrogen (secondary N) is 1. The van der Waals surface area contributed by atoms with Crippen molar-refractivity contribution in [2.75, 3.05) is 11.9 Å². The molecule has 2 aliphatic heterocycles. The zero-order valence-electron chi connectivity index (χ0n) is 20.7. The van der Waals surface area contributed by atoms with E-state index in [2.05, 4.69) is 53.6 Å². The zero-order valence-corrected chi connectivity index (χ0v) is 20.7. The first kappa shape index (κ1) is 22.0. The topological polar surface area (TPSA) is 75.8 Å². The summed E-state index contributed by atoms with van der Waals surface area (Å²) in [6.07, 6.45) is 6.15. The third-order valence-electron chi connectivity index (χ3n) is 7.94. The Bertz CT molecular complexity index is 1700. The van der Waals surface area contributed by atoms with Crippen LogP contribution >= 0.6 is 0 Å². The number of fused-ring (bicyclic) bond motifs is 4. The van der Waals surface area contributed by atoms with Crippen LogP contribution in [0.4, 0.5) is 5.69 Å². The summed E-state index contributed by atoms with van der Waals surface area (Å²) >= 11 is 0. The average Bonchev–Trinajstić information content (AvgIpc) is 3.66. The molecular formula is C31H27N5O. The number of anilines is 1. The fourth-order valence-corrected chi connectivity index (χ4v) is 6.11. The first-order valence-corrected chi connectivity index (χ1v) is 13.0. The summed E-state index contributed by atoms with van der Waals surface area (Å²) in [5.74, 6) is 0.500. The van der Waals surface area contributed by atoms with Gasteiger partial charge in [-0.25, -0.2) is 4.68 Å². The molecule has 0 spiro atoms. The number of benzene rings is 3. The smallest absolute Gasteiger partial charge is 0.101 e. The fourth-order valence-electron chi connectivity index (χ4n) is 6.11. The largest absolute Gasteiger partial charge is 0.384 e. The van der Waals surface area contributed by atoms with Gasteiger partial charge in [-0.15, -0.1) is 0 Å². The molecule has 1 N–H and O–H groups in total. The van der Waals surface area contributed by atoms with E-state index in [4.69, 9.17) is 9.84 Å². The zero-order chi connectivity index (χ0) is 24.9. The molecule has 0 aliphatic carbocycles. The van der Waals surface area contributed by atoms with Crippen LogP contribution in [0.3, 0.4) is 0 Å². The lowest BCUT2D eigenvalue weighted by Crippen LogP contribution is -2.24. The van der Waals surface area contributed by atoms with Crippen molar-refractivity contribution in [2.24, 2.45) is 5.92 Å². The third kappa shape index (κ3) is 3.75. The lowest BCUT2D eigenvalue weighted by molar-refractivity contribution is 0.0941. The molecule has 6 nitrogen and oxygen atoms in total. The highest BCUT2D eigenvalue weighted by Gasteiger charge is 2.40. The molecule has 182 valence electrons. The maximum Gasteiger partial charge on any atom is 0.101 e. The Morgan fingerprint density at radius 2 is 2.00 bits per heavy atom. The molecule has 3 atom stereocenters. The van der Waals surface area contributed by atoms with Crippen LogP contribution in [-0.4, -0.2) is 33.5 Å². The van der Waals surface area contributed by atoms with Crippen LogP contribution in [0.5, 0.6) is 0 Å². The Hall–Kier alpha value is -4.21. The molecule has 2 aliphatic rings. The van der Waals surface area contributed by atoms with Crippen LogP contribution in [0.25, 0.3) is 38.6 Å². The van der Waals surface area contributed by atoms with Gasteiger partial charge in [0.05, 0.1) is 45.9 Å². The number of para-hydroxylation sites is 1. The number of pyridine rings is 1. The van der Waals surface area contributed by atoms with E-state index in [0.717, 1.165) is 69.4 Å². The van der Waals surface area contributed by atoms with E-state index in [1.807, 2.05) is 47.3 Å². The van der Waals surface area contributed by atoms with Gasteiger partial charge < -0.3 is 10.1 Å². The summed E-state index contributed by atoms with van der Waals surface area (Å²) in [6, 6.07) is 24.9. The standard InChI is InChI=1S/C31H27N5O/c1-19-31-26(22-13-20-5-2-3-7-27(20)33-17-22)6-4-8-29(31)36(35-19)24-10-9-21(16-32)28(15-24)34-18-23-14-25-11-12-30(23)37-25/h2-10,13,15,17,23,25,30,34H,11-12,14,18H2,1H3. The van der Waals surface area contributed by atoms with Gasteiger partial charge in [-0.3, -0.25) is 4.98 Å². The molecule has 3 aromatic carbocycles. The molecule has 4 heterocycles. The molecule has 37 heavy (non-hydrogen) atoms. The van der Waals surface area contributed by atoms with Crippen LogP contribution in [0.1, 0.15) is 30.5 Å². The summed E-state index contributed by atoms with van der Waals surface area (Å²) in [7, 11) is 0. The highest BCUT2D eigenvalue weighted by Crippen LogP contribution is 2.39. The second kappa shape index (κ2) is 8.72. The Morgan fingerprint density at radius 3 is 2.84 bits per heavy atom. The molecular weight excluding hydrogens is 458 g/mol. The van der Waals surface area contributed by atoms with Crippen LogP contribution in [0.2, 0.25) is 0 Å². The number of nitriles is 1. The van der Waals surface area contributed by atoms with Gasteiger partial charge in [-0.2, -0.15) is 10.4 Å². The number of aryl methyl sites for hydroxylation is 1. The summed E-state index contributed by atoms with van der Waals surface area (Å²) < 4.78 is 8.00. The van der Waals surface area contributed by atoms with Gasteiger partial charge in [0, 0.05) is 35.0 Å². The van der Waals surface area contributed by atoms with Crippen molar-refractivity contribution in [3.63, 3.8) is 0 Å². The third-order valence-corrected chi connectivity index (χ3v) is 7.94. The Labute approximate surface area is 215 Å². The molecule has 2 saturated heterocycles. The van der Waals surface area contributed by atoms with Crippen molar-refractivity contribution >= 4 is 27.5 Å². The maximum absolute atomic E-state index is 9.75. The van der Waals surface area contributed by atoms with Gasteiger partial charge in [0.2, 0.25) is 0 Å². The van der Waals surface area contributed by atoms with E-state index in [0.29, 0.717) is 23.7 Å². The quantitative estimate of drug-likeness (QED) is 0.312. The minimum Gasteiger partial charge on any atom is -0.384 e. The van der Waals surface area contributed by atoms with Crippen LogP contribution in [-0.2, 0) is 4.74 Å². The molecule has 2 bridgehead atoms. The van der Waals surface area contributed by atoms with E-state index in [-0.39, 0.29) is 0 Å². The average molecular weight is 486 g/mol. The molecule has 6 heteroatoms. The van der Waals surface area contributed by atoms with Gasteiger partial charge in [0.1, 0.15) is 6.07 Å². The second-order valence-electron chi connectivity index (χ2n) is 10.2. The number of hydrogen-bond donors (Lipinski definition) is 1. The molecule has 0 amide bonds. The number of hydrogen-bond acceptors (Lipinski definition) is 5. The predicted octanol–water partition coefficient (Wildman–Crippen LogP) is 6.40. The van der Waals surface area contributed by atoms with Crippen molar-refractivity contribution in [1.82, 2.24) is 14.8 Å². The second-order valence-corrected chi connectivity index (χ2v) is 10.2. The summed E-state index contributed by atoms with van der Waals surface area (Å²) in [6.45, 7) is 2.87. The lowest BCUT2D eigenvalue weighted by Gasteiger charge is -2.20. The summed E-state index contributed by atoms with van der Waals surface area (Å²) in [5, 5.41) is 20.5. The Kier molecular flexibility index (Phi) is 5.19. The van der Waals surface area contributed by atoms with Crippen molar-refractivity contribution in [3.05, 3.63) is 84.2 Å². The Balaban J connectivity index is 1.27. The predicted molar refractivity (Wildman–Crippen MR) is 146 cm³/mol. The molecule has 7 rings (SSSR count). The van der Waals surface area contributed by atoms with Gasteiger partial charge in [0.15, 0.2) is 0 Å². The summed E-state index contributed by atoms with van der Waals surface area (Å²) in [5.41, 5.74) is 7.57. The van der Waals surface area contributed by atoms with Crippen LogP contribution in [0.15, 0.2) is 72.9 Å². The number of nitrogens with zero attached hydrogens (tertiary/aromatic N) is 4. The van der Waals surface area contributed by atoms with E-state index in [9.17, 15) is 5.26 Å². The van der Waals surface area contributed by atoms with Gasteiger partial charge in [0.25, 0.3) is 0 Å². The molecule has 5 aromatic rings. The van der Waals surface area contributed by atoms with Crippen molar-refractivity contribution < 1.29 is 4.74 Å². The van der Waals surface area contributed by atoms with E-state index in [1.165, 1.54) is 6.42 Å². The first-order chi connectivity index (χ1) is 18.2. The Morgan fingerprint density at radius 1 is 1.08 bits per heavy atom. The summed E-state index contributed by atoms with van der Waals surface area (Å²) in [4.78, 5) is 4.68. The highest BCUT2D eigenvalue weighted by molar-refractivity contribution is 5.99.